The fourth-order valence-corrected chi connectivity index (χ4v) is 1.69. The molecule has 0 radical (unpaired) electrons. The molecule has 0 fully saturated rings. The summed E-state index contributed by atoms with van der Waals surface area (Å²) in [6.45, 7) is 10.2. The topological polar surface area (TPSA) is 161 Å². The van der Waals surface area contributed by atoms with Crippen LogP contribution in [0.2, 0.25) is 0 Å². The maximum atomic E-state index is 10.9. The Balaban J connectivity index is 0. The lowest BCUT2D eigenvalue weighted by Crippen LogP contribution is -2.26. The Kier molecular flexibility index (Phi) is 10.4. The molecule has 0 aliphatic heterocycles. The van der Waals surface area contributed by atoms with E-state index in [1.54, 1.807) is 0 Å². The number of hydrogen-bond acceptors (Lipinski definition) is 8. The third-order valence-corrected chi connectivity index (χ3v) is 4.15. The monoisotopic (exact) mass is 388 g/mol. The van der Waals surface area contributed by atoms with Gasteiger partial charge in [-0.2, -0.15) is 16.8 Å². The molecule has 12 heteroatoms. The molecule has 0 spiro atoms. The maximum Gasteiger partial charge on any atom is 0.334 e. The molecule has 0 aromatic rings. The molecule has 0 bridgehead atoms. The van der Waals surface area contributed by atoms with Crippen LogP contribution in [-0.2, 0) is 39.3 Å². The SMILES string of the molecule is C=C(C)C(=O)OC(CC)S(=O)(=O)O.C=CC(=O)OC(C)S(=O)(=O)O. The van der Waals surface area contributed by atoms with Crippen molar-refractivity contribution in [3.63, 3.8) is 0 Å². The molecule has 2 N–H and O–H groups in total. The number of hydrogen-bond donors (Lipinski definition) is 2. The van der Waals surface area contributed by atoms with Crippen LogP contribution in [0.1, 0.15) is 27.2 Å². The zero-order chi connectivity index (χ0) is 19.7. The Bertz CT molecular complexity index is 675. The van der Waals surface area contributed by atoms with Gasteiger partial charge in [-0.25, -0.2) is 9.59 Å². The molecule has 2 atom stereocenters. The summed E-state index contributed by atoms with van der Waals surface area (Å²) in [6, 6.07) is 0. The minimum atomic E-state index is -4.33. The molecule has 0 heterocycles. The molecule has 24 heavy (non-hydrogen) atoms. The molecule has 10 nitrogen and oxygen atoms in total. The number of rotatable bonds is 7. The Morgan fingerprint density at radius 2 is 1.58 bits per heavy atom. The minimum absolute atomic E-state index is 0.00213. The zero-order valence-corrected chi connectivity index (χ0v) is 15.0. The highest BCUT2D eigenvalue weighted by molar-refractivity contribution is 7.86. The number of esters is 2. The van der Waals surface area contributed by atoms with E-state index >= 15 is 0 Å². The molecule has 0 aromatic carbocycles. The Morgan fingerprint density at radius 1 is 1.12 bits per heavy atom. The molecule has 0 rings (SSSR count). The Morgan fingerprint density at radius 3 is 1.83 bits per heavy atom. The van der Waals surface area contributed by atoms with Gasteiger partial charge in [0.1, 0.15) is 0 Å². The molecular formula is C12H20O10S2. The molecule has 0 saturated carbocycles. The molecular weight excluding hydrogens is 368 g/mol. The molecule has 0 amide bonds. The fourth-order valence-electron chi connectivity index (χ4n) is 0.847. The van der Waals surface area contributed by atoms with E-state index in [1.807, 2.05) is 0 Å². The van der Waals surface area contributed by atoms with E-state index in [9.17, 15) is 26.4 Å². The van der Waals surface area contributed by atoms with Crippen LogP contribution in [-0.4, -0.2) is 48.8 Å². The Hall–Kier alpha value is -1.76. The highest BCUT2D eigenvalue weighted by Crippen LogP contribution is 2.08. The van der Waals surface area contributed by atoms with Crippen molar-refractivity contribution in [2.75, 3.05) is 0 Å². The van der Waals surface area contributed by atoms with Crippen molar-refractivity contribution in [2.45, 2.75) is 38.1 Å². The molecule has 2 unspecified atom stereocenters. The lowest BCUT2D eigenvalue weighted by atomic mass is 10.4. The predicted molar refractivity (Wildman–Crippen MR) is 83.8 cm³/mol. The highest BCUT2D eigenvalue weighted by atomic mass is 32.2. The van der Waals surface area contributed by atoms with Crippen LogP contribution < -0.4 is 0 Å². The first-order chi connectivity index (χ1) is 10.7. The van der Waals surface area contributed by atoms with E-state index in [-0.39, 0.29) is 12.0 Å². The third kappa shape index (κ3) is 10.9. The highest BCUT2D eigenvalue weighted by Gasteiger charge is 2.25. The van der Waals surface area contributed by atoms with Crippen LogP contribution in [0.3, 0.4) is 0 Å². The van der Waals surface area contributed by atoms with Gasteiger partial charge in [-0.05, 0) is 20.3 Å². The molecule has 0 aliphatic rings. The van der Waals surface area contributed by atoms with Crippen molar-refractivity contribution in [2.24, 2.45) is 0 Å². The van der Waals surface area contributed by atoms with Gasteiger partial charge >= 0.3 is 32.2 Å². The molecule has 0 aliphatic carbocycles. The third-order valence-electron chi connectivity index (χ3n) is 2.12. The Labute approximate surface area is 140 Å². The summed E-state index contributed by atoms with van der Waals surface area (Å²) < 4.78 is 67.1. The first-order valence-electron chi connectivity index (χ1n) is 6.28. The summed E-state index contributed by atoms with van der Waals surface area (Å²) in [5, 5.41) is 0. The maximum absolute atomic E-state index is 10.9. The van der Waals surface area contributed by atoms with Crippen LogP contribution >= 0.6 is 0 Å². The van der Waals surface area contributed by atoms with E-state index in [0.29, 0.717) is 0 Å². The quantitative estimate of drug-likeness (QED) is 0.360. The summed E-state index contributed by atoms with van der Waals surface area (Å²) in [4.78, 5) is 21.2. The average Bonchev–Trinajstić information content (AvgIpc) is 2.42. The summed E-state index contributed by atoms with van der Waals surface area (Å²) in [6.07, 6.45) is 0.805. The van der Waals surface area contributed by atoms with Crippen molar-refractivity contribution >= 4 is 32.2 Å². The van der Waals surface area contributed by atoms with E-state index in [1.165, 1.54) is 13.8 Å². The van der Waals surface area contributed by atoms with Crippen LogP contribution in [0.4, 0.5) is 0 Å². The molecule has 0 aromatic heterocycles. The second-order valence-corrected chi connectivity index (χ2v) is 7.51. The van der Waals surface area contributed by atoms with E-state index in [2.05, 4.69) is 22.6 Å². The summed E-state index contributed by atoms with van der Waals surface area (Å²) >= 11 is 0. The second-order valence-electron chi connectivity index (χ2n) is 4.26. The molecule has 140 valence electrons. The largest absolute Gasteiger partial charge is 0.440 e. The van der Waals surface area contributed by atoms with Gasteiger partial charge in [-0.15, -0.1) is 0 Å². The van der Waals surface area contributed by atoms with Gasteiger partial charge < -0.3 is 9.47 Å². The van der Waals surface area contributed by atoms with Crippen LogP contribution in [0.25, 0.3) is 0 Å². The lowest BCUT2D eigenvalue weighted by molar-refractivity contribution is -0.141. The van der Waals surface area contributed by atoms with Crippen molar-refractivity contribution in [1.82, 2.24) is 0 Å². The van der Waals surface area contributed by atoms with E-state index in [4.69, 9.17) is 9.11 Å². The number of ether oxygens (including phenoxy) is 2. The predicted octanol–water partition coefficient (Wildman–Crippen LogP) is 0.679. The number of carbonyl (C=O) groups excluding carboxylic acids is 2. The van der Waals surface area contributed by atoms with Crippen molar-refractivity contribution < 1.29 is 45.0 Å². The van der Waals surface area contributed by atoms with E-state index < -0.39 is 43.0 Å². The first-order valence-corrected chi connectivity index (χ1v) is 9.29. The number of carbonyl (C=O) groups is 2. The normalized spacial score (nSPS) is 13.5. The van der Waals surface area contributed by atoms with Gasteiger partial charge in [0.15, 0.2) is 0 Å². The standard InChI is InChI=1S/C7H12O5S.C5H8O5S/c1-4-6(13(9,10)11)12-7(8)5(2)3;1-3-5(6)10-4(2)11(7,8)9/h6H,2,4H2,1,3H3,(H,9,10,11);3-4H,1H2,2H3,(H,7,8,9). The minimum Gasteiger partial charge on any atom is -0.440 e. The summed E-state index contributed by atoms with van der Waals surface area (Å²) in [5.41, 5.74) is -2.97. The van der Waals surface area contributed by atoms with Gasteiger partial charge in [0.05, 0.1) is 0 Å². The fraction of sp³-hybridized carbons (Fsp3) is 0.500. The van der Waals surface area contributed by atoms with Gasteiger partial charge in [0.2, 0.25) is 10.9 Å². The van der Waals surface area contributed by atoms with Gasteiger partial charge in [0, 0.05) is 11.6 Å². The van der Waals surface area contributed by atoms with Crippen LogP contribution in [0.5, 0.6) is 0 Å². The van der Waals surface area contributed by atoms with Gasteiger partial charge in [-0.3, -0.25) is 9.11 Å². The smallest absolute Gasteiger partial charge is 0.334 e. The van der Waals surface area contributed by atoms with Crippen molar-refractivity contribution in [3.05, 3.63) is 24.8 Å². The van der Waals surface area contributed by atoms with Gasteiger partial charge in [-0.1, -0.05) is 20.1 Å². The summed E-state index contributed by atoms with van der Waals surface area (Å²) in [7, 11) is -8.63. The summed E-state index contributed by atoms with van der Waals surface area (Å²) in [5.74, 6) is -1.72. The van der Waals surface area contributed by atoms with E-state index in [0.717, 1.165) is 13.0 Å². The van der Waals surface area contributed by atoms with Crippen LogP contribution in [0, 0.1) is 0 Å². The second kappa shape index (κ2) is 10.2. The zero-order valence-electron chi connectivity index (χ0n) is 13.3. The van der Waals surface area contributed by atoms with Gasteiger partial charge in [0.25, 0.3) is 0 Å². The van der Waals surface area contributed by atoms with Crippen LogP contribution in [0.15, 0.2) is 24.8 Å². The molecule has 0 saturated heterocycles. The van der Waals surface area contributed by atoms with Crippen molar-refractivity contribution in [3.8, 4) is 0 Å². The average molecular weight is 388 g/mol. The lowest BCUT2D eigenvalue weighted by Gasteiger charge is -2.12. The first kappa shape index (κ1) is 24.5. The van der Waals surface area contributed by atoms with Crippen molar-refractivity contribution in [1.29, 1.82) is 0 Å².